The summed E-state index contributed by atoms with van der Waals surface area (Å²) >= 11 is 0. The highest BCUT2D eigenvalue weighted by Crippen LogP contribution is 2.54. The van der Waals surface area contributed by atoms with Gasteiger partial charge in [-0.1, -0.05) is 42.3 Å². The van der Waals surface area contributed by atoms with E-state index in [1.54, 1.807) is 91.9 Å². The van der Waals surface area contributed by atoms with E-state index in [1.165, 1.54) is 4.90 Å². The molecule has 10 heteroatoms. The molecule has 1 amide bonds. The zero-order valence-corrected chi connectivity index (χ0v) is 22.0. The Hall–Kier alpha value is -3.96. The molecule has 0 saturated heterocycles. The summed E-state index contributed by atoms with van der Waals surface area (Å²) in [4.78, 5) is 14.6. The maximum absolute atomic E-state index is 14.4. The van der Waals surface area contributed by atoms with E-state index in [1.807, 2.05) is 0 Å². The summed E-state index contributed by atoms with van der Waals surface area (Å²) in [6.07, 6.45) is 4.37. The number of ether oxygens (including phenoxy) is 3. The van der Waals surface area contributed by atoms with Gasteiger partial charge in [0.05, 0.1) is 19.8 Å². The highest BCUT2D eigenvalue weighted by Gasteiger charge is 2.43. The summed E-state index contributed by atoms with van der Waals surface area (Å²) in [7, 11) is -4.07. The number of carbonyl (C=O) groups excluding carboxylic acids is 1. The van der Waals surface area contributed by atoms with Crippen molar-refractivity contribution >= 4 is 25.1 Å². The zero-order valence-electron chi connectivity index (χ0n) is 21.1. The molecule has 0 spiro atoms. The van der Waals surface area contributed by atoms with Crippen molar-refractivity contribution in [2.45, 2.75) is 12.7 Å². The van der Waals surface area contributed by atoms with Gasteiger partial charge in [0.25, 0.3) is 0 Å². The third-order valence-electron chi connectivity index (χ3n) is 5.16. The molecule has 1 unspecified atom stereocenters. The summed E-state index contributed by atoms with van der Waals surface area (Å²) in [6, 6.07) is 23.7. The van der Waals surface area contributed by atoms with Gasteiger partial charge in [-0.3, -0.25) is 4.90 Å². The van der Waals surface area contributed by atoms with E-state index in [9.17, 15) is 9.36 Å². The molecule has 0 heterocycles. The predicted octanol–water partition coefficient (Wildman–Crippen LogP) is 5.58. The van der Waals surface area contributed by atoms with Gasteiger partial charge in [-0.25, -0.2) is 9.36 Å². The van der Waals surface area contributed by atoms with Crippen molar-refractivity contribution in [1.29, 1.82) is 0 Å². The quantitative estimate of drug-likeness (QED) is 0.123. The van der Waals surface area contributed by atoms with Gasteiger partial charge in [0.15, 0.2) is 5.78 Å². The van der Waals surface area contributed by atoms with Crippen LogP contribution in [-0.2, 0) is 18.8 Å². The molecule has 0 aromatic heterocycles. The molecule has 0 fully saturated rings. The Balaban J connectivity index is 1.82. The number of benzene rings is 3. The van der Waals surface area contributed by atoms with Crippen molar-refractivity contribution in [2.75, 3.05) is 43.7 Å². The Labute approximate surface area is 222 Å². The molecule has 0 saturated carbocycles. The number of rotatable bonds is 14. The van der Waals surface area contributed by atoms with Crippen LogP contribution in [0.5, 0.6) is 11.5 Å². The number of hydrogen-bond donors (Lipinski definition) is 1. The Morgan fingerprint density at radius 3 is 1.95 bits per heavy atom. The Bertz CT molecular complexity index is 1170. The third-order valence-corrected chi connectivity index (χ3v) is 7.24. The first-order chi connectivity index (χ1) is 18.4. The Kier molecular flexibility index (Phi) is 11.1. The van der Waals surface area contributed by atoms with Crippen LogP contribution in [-0.4, -0.2) is 44.9 Å². The van der Waals surface area contributed by atoms with E-state index in [-0.39, 0.29) is 19.8 Å². The monoisotopic (exact) mass is 538 g/mol. The highest BCUT2D eigenvalue weighted by atomic mass is 31.2. The lowest BCUT2D eigenvalue weighted by Gasteiger charge is -2.33. The molecule has 0 bridgehead atoms. The summed E-state index contributed by atoms with van der Waals surface area (Å²) in [6.45, 7) is 2.47. The second-order valence-corrected chi connectivity index (χ2v) is 10.1. The molecule has 9 nitrogen and oxygen atoms in total. The van der Waals surface area contributed by atoms with Gasteiger partial charge in [-0.15, -0.1) is 6.42 Å². The van der Waals surface area contributed by atoms with Crippen molar-refractivity contribution in [3.05, 3.63) is 84.9 Å². The minimum atomic E-state index is -4.07. The van der Waals surface area contributed by atoms with Gasteiger partial charge in [-0.2, -0.15) is 0 Å². The van der Waals surface area contributed by atoms with Crippen molar-refractivity contribution in [2.24, 2.45) is 0 Å². The molecular weight excluding hydrogens is 507 g/mol. The first-order valence-corrected chi connectivity index (χ1v) is 13.5. The molecule has 0 aliphatic heterocycles. The van der Waals surface area contributed by atoms with Crippen molar-refractivity contribution in [3.63, 3.8) is 0 Å². The summed E-state index contributed by atoms with van der Waals surface area (Å²) in [5.74, 6) is 1.91. The van der Waals surface area contributed by atoms with Crippen LogP contribution in [0.1, 0.15) is 6.92 Å². The molecule has 3 aromatic carbocycles. The predicted molar refractivity (Wildman–Crippen MR) is 146 cm³/mol. The standard InChI is InChI=1S/C28H31N2O7P/c1-3-18-33-19-20-34-21-22-35-28(31)30(25-16-14-24(29)15-17-25)23(2)38(32,36-26-10-6-4-7-11-26)37-27-12-8-5-9-13-27/h1,4-17,23H,18-22,29H2,2H3. The number of carbonyl (C=O) groups is 1. The lowest BCUT2D eigenvalue weighted by atomic mass is 10.2. The van der Waals surface area contributed by atoms with Gasteiger partial charge in [0.1, 0.15) is 24.7 Å². The van der Waals surface area contributed by atoms with E-state index in [2.05, 4.69) is 5.92 Å². The van der Waals surface area contributed by atoms with Crippen LogP contribution in [0.25, 0.3) is 0 Å². The average molecular weight is 539 g/mol. The molecule has 3 rings (SSSR count). The fourth-order valence-corrected chi connectivity index (χ4v) is 4.97. The van der Waals surface area contributed by atoms with Crippen LogP contribution in [0, 0.1) is 12.3 Å². The lowest BCUT2D eigenvalue weighted by Crippen LogP contribution is -2.41. The first-order valence-electron chi connectivity index (χ1n) is 11.9. The van der Waals surface area contributed by atoms with Crippen LogP contribution in [0.15, 0.2) is 84.9 Å². The fourth-order valence-electron chi connectivity index (χ4n) is 3.29. The van der Waals surface area contributed by atoms with E-state index >= 15 is 0 Å². The van der Waals surface area contributed by atoms with E-state index in [0.717, 1.165) is 0 Å². The Morgan fingerprint density at radius 2 is 1.39 bits per heavy atom. The fraction of sp³-hybridized carbons (Fsp3) is 0.250. The normalized spacial score (nSPS) is 11.7. The molecule has 0 aliphatic rings. The summed E-state index contributed by atoms with van der Waals surface area (Å²) < 4.78 is 42.3. The van der Waals surface area contributed by atoms with Gasteiger partial charge >= 0.3 is 13.7 Å². The molecule has 2 N–H and O–H groups in total. The van der Waals surface area contributed by atoms with Crippen molar-refractivity contribution in [3.8, 4) is 23.8 Å². The van der Waals surface area contributed by atoms with Crippen LogP contribution >= 0.6 is 7.60 Å². The van der Waals surface area contributed by atoms with Crippen LogP contribution in [0.3, 0.4) is 0 Å². The van der Waals surface area contributed by atoms with Crippen molar-refractivity contribution in [1.82, 2.24) is 0 Å². The SMILES string of the molecule is C#CCOCCOCCOC(=O)N(c1ccc(N)cc1)C(C)P(=O)(Oc1ccccc1)Oc1ccccc1. The van der Waals surface area contributed by atoms with Gasteiger partial charge in [-0.05, 0) is 55.5 Å². The van der Waals surface area contributed by atoms with Gasteiger partial charge in [0, 0.05) is 11.4 Å². The minimum Gasteiger partial charge on any atom is -0.447 e. The molecule has 0 radical (unpaired) electrons. The lowest BCUT2D eigenvalue weighted by molar-refractivity contribution is 0.0369. The van der Waals surface area contributed by atoms with Crippen LogP contribution < -0.4 is 19.7 Å². The number of hydrogen-bond acceptors (Lipinski definition) is 8. The minimum absolute atomic E-state index is 0.0461. The number of amides is 1. The van der Waals surface area contributed by atoms with Crippen LogP contribution in [0.4, 0.5) is 16.2 Å². The van der Waals surface area contributed by atoms with E-state index in [0.29, 0.717) is 36.1 Å². The van der Waals surface area contributed by atoms with Crippen molar-refractivity contribution < 1.29 is 32.6 Å². The van der Waals surface area contributed by atoms with Crippen LogP contribution in [0.2, 0.25) is 0 Å². The molecular formula is C28H31N2O7P. The molecule has 200 valence electrons. The number of anilines is 2. The molecule has 38 heavy (non-hydrogen) atoms. The van der Waals surface area contributed by atoms with E-state index in [4.69, 9.17) is 35.4 Å². The molecule has 1 atom stereocenters. The number of nitrogens with zero attached hydrogens (tertiary/aromatic N) is 1. The maximum Gasteiger partial charge on any atom is 0.453 e. The van der Waals surface area contributed by atoms with Gasteiger partial charge < -0.3 is 29.0 Å². The zero-order chi connectivity index (χ0) is 27.2. The highest BCUT2D eigenvalue weighted by molar-refractivity contribution is 7.55. The number of para-hydroxylation sites is 2. The summed E-state index contributed by atoms with van der Waals surface area (Å²) in [5, 5.41) is 0. The first kappa shape index (κ1) is 28.6. The second-order valence-electron chi connectivity index (χ2n) is 7.93. The number of terminal acetylenes is 1. The Morgan fingerprint density at radius 1 is 0.868 bits per heavy atom. The number of nitrogens with two attached hydrogens (primary N) is 1. The maximum atomic E-state index is 14.4. The second kappa shape index (κ2) is 14.7. The molecule has 3 aromatic rings. The average Bonchev–Trinajstić information content (AvgIpc) is 2.92. The smallest absolute Gasteiger partial charge is 0.447 e. The number of nitrogen functional groups attached to an aromatic ring is 1. The molecule has 0 aliphatic carbocycles. The largest absolute Gasteiger partial charge is 0.453 e. The topological polar surface area (TPSA) is 110 Å². The summed E-state index contributed by atoms with van der Waals surface area (Å²) in [5.41, 5.74) is 6.75. The van der Waals surface area contributed by atoms with Gasteiger partial charge in [0.2, 0.25) is 0 Å². The third kappa shape index (κ3) is 8.56. The van der Waals surface area contributed by atoms with E-state index < -0.39 is 19.5 Å².